The second-order valence-electron chi connectivity index (χ2n) is 15.6. The van der Waals surface area contributed by atoms with Crippen LogP contribution in [-0.4, -0.2) is 15.0 Å². The molecule has 0 fully saturated rings. The fraction of sp³-hybridized carbons (Fsp3) is 0.0755. The van der Waals surface area contributed by atoms with Gasteiger partial charge in [0.2, 0.25) is 0 Å². The number of nitrogens with zero attached hydrogens (tertiary/aromatic N) is 3. The van der Waals surface area contributed by atoms with Gasteiger partial charge >= 0.3 is 0 Å². The summed E-state index contributed by atoms with van der Waals surface area (Å²) in [5.41, 5.74) is 12.3. The molecule has 3 heterocycles. The predicted octanol–water partition coefficient (Wildman–Crippen LogP) is 13.7. The van der Waals surface area contributed by atoms with Crippen LogP contribution in [0.4, 0.5) is 0 Å². The van der Waals surface area contributed by atoms with Gasteiger partial charge in [-0.25, -0.2) is 15.0 Å². The SMILES string of the molecule is C[C@H]1C=CC2=C(C1)c1ccccc1[C@]21c2ccccc2Oc2ccc(-c3cccc(-c4nc(-c5ccccc5)nc(-c5ccc6c(c5)sc5ccccc56)n4)c3)cc21. The molecule has 0 N–H and O–H groups in total. The lowest BCUT2D eigenvalue weighted by Crippen LogP contribution is -2.33. The Kier molecular flexibility index (Phi) is 7.32. The molecule has 5 heteroatoms. The van der Waals surface area contributed by atoms with Crippen molar-refractivity contribution in [2.75, 3.05) is 0 Å². The van der Waals surface area contributed by atoms with E-state index in [1.54, 1.807) is 11.3 Å². The van der Waals surface area contributed by atoms with Crippen LogP contribution >= 0.6 is 11.3 Å². The third-order valence-electron chi connectivity index (χ3n) is 12.2. The number of ether oxygens (including phenoxy) is 1. The van der Waals surface area contributed by atoms with Crippen LogP contribution in [0.1, 0.15) is 35.6 Å². The van der Waals surface area contributed by atoms with E-state index in [0.29, 0.717) is 23.4 Å². The number of aromatic nitrogens is 3. The van der Waals surface area contributed by atoms with E-state index in [1.807, 2.05) is 18.2 Å². The molecule has 2 aromatic heterocycles. The number of benzene rings is 7. The highest BCUT2D eigenvalue weighted by atomic mass is 32.1. The van der Waals surface area contributed by atoms with Gasteiger partial charge in [0.1, 0.15) is 11.5 Å². The zero-order valence-corrected chi connectivity index (χ0v) is 32.5. The second-order valence-corrected chi connectivity index (χ2v) is 16.7. The Hall–Kier alpha value is -6.95. The molecule has 274 valence electrons. The minimum Gasteiger partial charge on any atom is -0.457 e. The third-order valence-corrected chi connectivity index (χ3v) is 13.3. The summed E-state index contributed by atoms with van der Waals surface area (Å²) in [5, 5.41) is 2.52. The van der Waals surface area contributed by atoms with Crippen molar-refractivity contribution in [2.24, 2.45) is 5.92 Å². The quantitative estimate of drug-likeness (QED) is 0.179. The first-order chi connectivity index (χ1) is 28.6. The zero-order chi connectivity index (χ0) is 38.4. The summed E-state index contributed by atoms with van der Waals surface area (Å²) in [6.07, 6.45) is 5.79. The lowest BCUT2D eigenvalue weighted by Gasteiger charge is -2.40. The van der Waals surface area contributed by atoms with Crippen LogP contribution in [0.2, 0.25) is 0 Å². The topological polar surface area (TPSA) is 47.9 Å². The molecule has 7 aromatic carbocycles. The summed E-state index contributed by atoms with van der Waals surface area (Å²) in [7, 11) is 0. The van der Waals surface area contributed by atoms with Crippen LogP contribution in [0.25, 0.3) is 71.0 Å². The Morgan fingerprint density at radius 2 is 1.16 bits per heavy atom. The van der Waals surface area contributed by atoms with Crippen molar-refractivity contribution in [1.29, 1.82) is 0 Å². The van der Waals surface area contributed by atoms with Crippen LogP contribution < -0.4 is 4.74 Å². The van der Waals surface area contributed by atoms with Crippen molar-refractivity contribution in [1.82, 2.24) is 15.0 Å². The fourth-order valence-electron chi connectivity index (χ4n) is 9.54. The Morgan fingerprint density at radius 3 is 2.03 bits per heavy atom. The minimum absolute atomic E-state index is 0.475. The summed E-state index contributed by atoms with van der Waals surface area (Å²) in [5.74, 6) is 4.20. The van der Waals surface area contributed by atoms with E-state index in [2.05, 4.69) is 165 Å². The Bertz CT molecular complexity index is 3210. The van der Waals surface area contributed by atoms with Crippen molar-refractivity contribution in [3.8, 4) is 56.8 Å². The number of para-hydroxylation sites is 1. The maximum atomic E-state index is 6.75. The van der Waals surface area contributed by atoms with Crippen LogP contribution in [-0.2, 0) is 5.41 Å². The fourth-order valence-corrected chi connectivity index (χ4v) is 10.7. The van der Waals surface area contributed by atoms with E-state index in [9.17, 15) is 0 Å². The predicted molar refractivity (Wildman–Crippen MR) is 237 cm³/mol. The minimum atomic E-state index is -0.496. The standard InChI is InChI=1S/C53H35N3OS/c1-32-22-26-43-41(28-32)38-16-5-7-18-42(38)53(43)44-19-8-9-20-46(44)57-47-27-24-35(30-45(47)53)34-14-11-15-36(29-34)51-54-50(33-12-3-2-4-13-33)55-52(56-51)37-23-25-40-39-17-6-10-21-48(39)58-49(40)31-37/h2-27,29-32H,28H2,1H3/t32-,53+/m0/s1. The second kappa shape index (κ2) is 12.8. The molecule has 0 saturated heterocycles. The van der Waals surface area contributed by atoms with Gasteiger partial charge in [0.15, 0.2) is 17.5 Å². The smallest absolute Gasteiger partial charge is 0.164 e. The highest BCUT2D eigenvalue weighted by Gasteiger charge is 2.52. The monoisotopic (exact) mass is 761 g/mol. The van der Waals surface area contributed by atoms with Crippen molar-refractivity contribution in [2.45, 2.75) is 18.8 Å². The molecule has 12 rings (SSSR count). The summed E-state index contributed by atoms with van der Waals surface area (Å²) >= 11 is 1.80. The van der Waals surface area contributed by atoms with Gasteiger partial charge in [0.25, 0.3) is 0 Å². The van der Waals surface area contributed by atoms with Gasteiger partial charge in [-0.15, -0.1) is 11.3 Å². The van der Waals surface area contributed by atoms with Gasteiger partial charge in [-0.1, -0.05) is 146 Å². The van der Waals surface area contributed by atoms with Crippen LogP contribution in [0.5, 0.6) is 11.5 Å². The molecule has 2 aliphatic carbocycles. The van der Waals surface area contributed by atoms with E-state index in [0.717, 1.165) is 51.3 Å². The van der Waals surface area contributed by atoms with Crippen molar-refractivity contribution >= 4 is 37.1 Å². The van der Waals surface area contributed by atoms with Gasteiger partial charge in [-0.05, 0) is 82.1 Å². The normalized spacial score (nSPS) is 17.6. The summed E-state index contributed by atoms with van der Waals surface area (Å²) in [6.45, 7) is 2.31. The molecular weight excluding hydrogens is 727 g/mol. The lowest BCUT2D eigenvalue weighted by atomic mass is 9.64. The molecule has 3 aliphatic rings. The molecule has 0 bridgehead atoms. The van der Waals surface area contributed by atoms with Crippen molar-refractivity contribution < 1.29 is 4.74 Å². The van der Waals surface area contributed by atoms with E-state index < -0.39 is 5.41 Å². The molecule has 2 atom stereocenters. The largest absolute Gasteiger partial charge is 0.457 e. The molecule has 1 aliphatic heterocycles. The molecule has 58 heavy (non-hydrogen) atoms. The third kappa shape index (κ3) is 4.96. The number of hydrogen-bond acceptors (Lipinski definition) is 5. The zero-order valence-electron chi connectivity index (χ0n) is 31.7. The average Bonchev–Trinajstić information content (AvgIpc) is 3.80. The molecule has 0 radical (unpaired) electrons. The molecule has 0 amide bonds. The van der Waals surface area contributed by atoms with E-state index in [1.165, 1.54) is 48.0 Å². The molecule has 4 nitrogen and oxygen atoms in total. The number of rotatable bonds is 4. The van der Waals surface area contributed by atoms with Crippen molar-refractivity contribution in [3.63, 3.8) is 0 Å². The van der Waals surface area contributed by atoms with E-state index in [-0.39, 0.29) is 0 Å². The Morgan fingerprint density at radius 1 is 0.517 bits per heavy atom. The molecule has 0 unspecified atom stereocenters. The van der Waals surface area contributed by atoms with Gasteiger partial charge in [0.05, 0.1) is 5.41 Å². The maximum Gasteiger partial charge on any atom is 0.164 e. The van der Waals surface area contributed by atoms with Crippen LogP contribution in [0, 0.1) is 5.92 Å². The number of hydrogen-bond donors (Lipinski definition) is 0. The molecular formula is C53H35N3OS. The first kappa shape index (κ1) is 33.2. The number of fused-ring (bicyclic) bond motifs is 11. The molecule has 1 spiro atoms. The lowest BCUT2D eigenvalue weighted by molar-refractivity contribution is 0.435. The van der Waals surface area contributed by atoms with Crippen LogP contribution in [0.15, 0.2) is 182 Å². The Labute approximate surface area is 340 Å². The summed E-state index contributed by atoms with van der Waals surface area (Å²) in [4.78, 5) is 15.3. The molecule has 9 aromatic rings. The first-order valence-electron chi connectivity index (χ1n) is 19.9. The summed E-state index contributed by atoms with van der Waals surface area (Å²) < 4.78 is 9.23. The number of thiophene rings is 1. The van der Waals surface area contributed by atoms with Gasteiger partial charge < -0.3 is 4.74 Å². The van der Waals surface area contributed by atoms with Gasteiger partial charge in [-0.3, -0.25) is 0 Å². The maximum absolute atomic E-state index is 6.75. The Balaban J connectivity index is 1.01. The van der Waals surface area contributed by atoms with E-state index >= 15 is 0 Å². The van der Waals surface area contributed by atoms with E-state index in [4.69, 9.17) is 19.7 Å². The van der Waals surface area contributed by atoms with Crippen LogP contribution in [0.3, 0.4) is 0 Å². The average molecular weight is 762 g/mol. The highest BCUT2D eigenvalue weighted by molar-refractivity contribution is 7.25. The highest BCUT2D eigenvalue weighted by Crippen LogP contribution is 2.63. The molecule has 0 saturated carbocycles. The summed E-state index contributed by atoms with van der Waals surface area (Å²) in [6, 6.07) is 58.2. The number of allylic oxidation sites excluding steroid dienone is 4. The van der Waals surface area contributed by atoms with Gasteiger partial charge in [-0.2, -0.15) is 0 Å². The van der Waals surface area contributed by atoms with Gasteiger partial charge in [0, 0.05) is 48.0 Å². The van der Waals surface area contributed by atoms with Crippen molar-refractivity contribution in [3.05, 3.63) is 204 Å². The first-order valence-corrected chi connectivity index (χ1v) is 20.7.